The van der Waals surface area contributed by atoms with Gasteiger partial charge in [-0.2, -0.15) is 0 Å². The molecule has 0 saturated heterocycles. The number of halogens is 1. The summed E-state index contributed by atoms with van der Waals surface area (Å²) >= 11 is 3.43. The molecule has 1 atom stereocenters. The molecule has 1 aromatic carbocycles. The third kappa shape index (κ3) is 3.47. The molecule has 2 aromatic rings. The number of nitrogens with one attached hydrogen (secondary N) is 2. The van der Waals surface area contributed by atoms with Crippen molar-refractivity contribution >= 4 is 21.8 Å². The number of carbonyl (C=O) groups is 1. The van der Waals surface area contributed by atoms with Gasteiger partial charge in [-0.05, 0) is 36.8 Å². The summed E-state index contributed by atoms with van der Waals surface area (Å²) in [5.41, 5.74) is 2.01. The van der Waals surface area contributed by atoms with Gasteiger partial charge in [-0.3, -0.25) is 4.79 Å². The summed E-state index contributed by atoms with van der Waals surface area (Å²) in [6.45, 7) is 1.98. The van der Waals surface area contributed by atoms with Gasteiger partial charge in [0.2, 0.25) is 5.91 Å². The average molecular weight is 307 g/mol. The van der Waals surface area contributed by atoms with Crippen LogP contribution >= 0.6 is 15.9 Å². The van der Waals surface area contributed by atoms with Crippen molar-refractivity contribution in [2.45, 2.75) is 19.4 Å². The van der Waals surface area contributed by atoms with E-state index in [1.165, 1.54) is 0 Å². The normalized spacial score (nSPS) is 12.1. The third-order valence-corrected chi connectivity index (χ3v) is 3.23. The Bertz CT molecular complexity index is 522. The zero-order chi connectivity index (χ0) is 13.0. The molecule has 0 spiro atoms. The van der Waals surface area contributed by atoms with Crippen LogP contribution in [-0.4, -0.2) is 10.9 Å². The van der Waals surface area contributed by atoms with Crippen LogP contribution in [0.5, 0.6) is 0 Å². The molecule has 0 bridgehead atoms. The molecule has 94 valence electrons. The summed E-state index contributed by atoms with van der Waals surface area (Å²) in [6.07, 6.45) is 2.20. The fraction of sp³-hybridized carbons (Fsp3) is 0.214. The Morgan fingerprint density at radius 1 is 1.39 bits per heavy atom. The first-order valence-corrected chi connectivity index (χ1v) is 6.61. The Morgan fingerprint density at radius 2 is 2.22 bits per heavy atom. The number of rotatable bonds is 4. The summed E-state index contributed by atoms with van der Waals surface area (Å²) < 4.78 is 1.02. The van der Waals surface area contributed by atoms with Gasteiger partial charge in [0.1, 0.15) is 0 Å². The Hall–Kier alpha value is -1.55. The van der Waals surface area contributed by atoms with E-state index in [0.717, 1.165) is 15.7 Å². The van der Waals surface area contributed by atoms with E-state index in [1.807, 2.05) is 49.5 Å². The van der Waals surface area contributed by atoms with Crippen molar-refractivity contribution in [2.24, 2.45) is 0 Å². The van der Waals surface area contributed by atoms with Gasteiger partial charge < -0.3 is 10.3 Å². The smallest absolute Gasteiger partial charge is 0.226 e. The van der Waals surface area contributed by atoms with Crippen molar-refractivity contribution < 1.29 is 4.79 Å². The summed E-state index contributed by atoms with van der Waals surface area (Å²) in [7, 11) is 0. The van der Waals surface area contributed by atoms with Crippen LogP contribution in [0.3, 0.4) is 0 Å². The van der Waals surface area contributed by atoms with Crippen LogP contribution in [0.4, 0.5) is 0 Å². The number of aromatic amines is 1. The molecule has 0 radical (unpaired) electrons. The van der Waals surface area contributed by atoms with Crippen molar-refractivity contribution in [3.05, 3.63) is 58.3 Å². The molecule has 0 aliphatic rings. The monoisotopic (exact) mass is 306 g/mol. The zero-order valence-electron chi connectivity index (χ0n) is 10.1. The summed E-state index contributed by atoms with van der Waals surface area (Å²) in [6, 6.07) is 11.8. The van der Waals surface area contributed by atoms with Crippen molar-refractivity contribution in [1.29, 1.82) is 0 Å². The first-order valence-electron chi connectivity index (χ1n) is 5.82. The Kier molecular flexibility index (Phi) is 4.20. The molecule has 0 saturated carbocycles. The minimum atomic E-state index is 0.00459. The van der Waals surface area contributed by atoms with Gasteiger partial charge in [0, 0.05) is 16.4 Å². The Balaban J connectivity index is 1.95. The van der Waals surface area contributed by atoms with Crippen LogP contribution in [-0.2, 0) is 11.2 Å². The van der Waals surface area contributed by atoms with Crippen LogP contribution in [0.15, 0.2) is 47.1 Å². The van der Waals surface area contributed by atoms with Gasteiger partial charge in [-0.15, -0.1) is 0 Å². The Morgan fingerprint density at radius 3 is 2.89 bits per heavy atom. The fourth-order valence-corrected chi connectivity index (χ4v) is 2.22. The minimum absolute atomic E-state index is 0.00459. The second-order valence-corrected chi connectivity index (χ2v) is 5.13. The summed E-state index contributed by atoms with van der Waals surface area (Å²) in [5, 5.41) is 2.98. The highest BCUT2D eigenvalue weighted by Crippen LogP contribution is 2.17. The molecule has 3 nitrogen and oxygen atoms in total. The highest BCUT2D eigenvalue weighted by molar-refractivity contribution is 9.10. The van der Waals surface area contributed by atoms with Gasteiger partial charge in [0.15, 0.2) is 0 Å². The number of hydrogen-bond donors (Lipinski definition) is 2. The second kappa shape index (κ2) is 5.87. The molecule has 4 heteroatoms. The fourth-order valence-electron chi connectivity index (χ4n) is 1.80. The second-order valence-electron chi connectivity index (χ2n) is 4.22. The average Bonchev–Trinajstić information content (AvgIpc) is 2.81. The molecule has 0 fully saturated rings. The lowest BCUT2D eigenvalue weighted by Gasteiger charge is -2.14. The van der Waals surface area contributed by atoms with Crippen LogP contribution in [0.2, 0.25) is 0 Å². The lowest BCUT2D eigenvalue weighted by molar-refractivity contribution is -0.121. The highest BCUT2D eigenvalue weighted by atomic mass is 79.9. The molecule has 18 heavy (non-hydrogen) atoms. The van der Waals surface area contributed by atoms with Gasteiger partial charge in [-0.25, -0.2) is 0 Å². The molecule has 1 heterocycles. The van der Waals surface area contributed by atoms with Crippen molar-refractivity contribution in [1.82, 2.24) is 10.3 Å². The van der Waals surface area contributed by atoms with Crippen molar-refractivity contribution in [3.8, 4) is 0 Å². The first-order chi connectivity index (χ1) is 8.65. The van der Waals surface area contributed by atoms with Gasteiger partial charge in [0.05, 0.1) is 12.5 Å². The molecule has 1 aromatic heterocycles. The molecule has 2 rings (SSSR count). The van der Waals surface area contributed by atoms with E-state index in [4.69, 9.17) is 0 Å². The van der Waals surface area contributed by atoms with E-state index < -0.39 is 0 Å². The van der Waals surface area contributed by atoms with E-state index in [0.29, 0.717) is 6.42 Å². The van der Waals surface area contributed by atoms with Crippen LogP contribution in [0.25, 0.3) is 0 Å². The minimum Gasteiger partial charge on any atom is -0.365 e. The maximum Gasteiger partial charge on any atom is 0.226 e. The number of carbonyl (C=O) groups excluding carboxylic acids is 1. The molecule has 1 unspecified atom stereocenters. The predicted octanol–water partition coefficient (Wildman–Crippen LogP) is 3.20. The third-order valence-electron chi connectivity index (χ3n) is 2.74. The van der Waals surface area contributed by atoms with E-state index in [-0.39, 0.29) is 11.9 Å². The Labute approximate surface area is 115 Å². The van der Waals surface area contributed by atoms with E-state index in [1.54, 1.807) is 0 Å². The van der Waals surface area contributed by atoms with Gasteiger partial charge >= 0.3 is 0 Å². The number of aromatic nitrogens is 1. The van der Waals surface area contributed by atoms with Gasteiger partial charge in [-0.1, -0.05) is 28.1 Å². The lowest BCUT2D eigenvalue weighted by atomic mass is 10.1. The van der Waals surface area contributed by atoms with Crippen LogP contribution in [0.1, 0.15) is 24.2 Å². The highest BCUT2D eigenvalue weighted by Gasteiger charge is 2.10. The largest absolute Gasteiger partial charge is 0.365 e. The van der Waals surface area contributed by atoms with Crippen LogP contribution in [0, 0.1) is 0 Å². The maximum absolute atomic E-state index is 11.8. The quantitative estimate of drug-likeness (QED) is 0.895. The number of amides is 1. The van der Waals surface area contributed by atoms with E-state index >= 15 is 0 Å². The topological polar surface area (TPSA) is 44.9 Å². The molecular formula is C14H15BrN2O. The molecule has 0 aliphatic heterocycles. The van der Waals surface area contributed by atoms with Crippen molar-refractivity contribution in [3.63, 3.8) is 0 Å². The van der Waals surface area contributed by atoms with Gasteiger partial charge in [0.25, 0.3) is 0 Å². The first kappa shape index (κ1) is 12.9. The molecular weight excluding hydrogens is 292 g/mol. The standard InChI is InChI=1S/C14H15BrN2O/c1-10(11-4-2-5-12(15)8-11)17-14(18)9-13-6-3-7-16-13/h2-8,10,16H,9H2,1H3,(H,17,18). The number of H-pyrrole nitrogens is 1. The summed E-state index contributed by atoms with van der Waals surface area (Å²) in [4.78, 5) is 14.9. The maximum atomic E-state index is 11.8. The number of hydrogen-bond acceptors (Lipinski definition) is 1. The summed E-state index contributed by atoms with van der Waals surface area (Å²) in [5.74, 6) is 0.0184. The predicted molar refractivity (Wildman–Crippen MR) is 75.2 cm³/mol. The van der Waals surface area contributed by atoms with Crippen LogP contribution < -0.4 is 5.32 Å². The molecule has 2 N–H and O–H groups in total. The molecule has 0 aliphatic carbocycles. The van der Waals surface area contributed by atoms with Crippen molar-refractivity contribution in [2.75, 3.05) is 0 Å². The van der Waals surface area contributed by atoms with E-state index in [2.05, 4.69) is 26.2 Å². The lowest BCUT2D eigenvalue weighted by Crippen LogP contribution is -2.28. The van der Waals surface area contributed by atoms with E-state index in [9.17, 15) is 4.79 Å². The zero-order valence-corrected chi connectivity index (χ0v) is 11.7. The SMILES string of the molecule is CC(NC(=O)Cc1ccc[nH]1)c1cccc(Br)c1. The molecule has 1 amide bonds. The number of benzene rings is 1.